The van der Waals surface area contributed by atoms with Gasteiger partial charge in [-0.15, -0.1) is 0 Å². The number of nitrogens with zero attached hydrogens (tertiary/aromatic N) is 1. The number of ether oxygens (including phenoxy) is 1. The summed E-state index contributed by atoms with van der Waals surface area (Å²) < 4.78 is 5.43. The van der Waals surface area contributed by atoms with Gasteiger partial charge in [0.2, 0.25) is 5.91 Å². The molecule has 1 amide bonds. The van der Waals surface area contributed by atoms with Crippen LogP contribution in [0.25, 0.3) is 0 Å². The Labute approximate surface area is 104 Å². The Morgan fingerprint density at radius 1 is 1.53 bits per heavy atom. The molecule has 4 nitrogen and oxygen atoms in total. The fourth-order valence-electron chi connectivity index (χ4n) is 2.43. The molecule has 100 valence electrons. The van der Waals surface area contributed by atoms with Crippen molar-refractivity contribution in [3.63, 3.8) is 0 Å². The summed E-state index contributed by atoms with van der Waals surface area (Å²) in [5.41, 5.74) is 5.70. The SMILES string of the molecule is COC1CN(C(=O)C(CN)C(C)C)CCC1C. The molecule has 1 saturated heterocycles. The van der Waals surface area contributed by atoms with Crippen molar-refractivity contribution >= 4 is 5.91 Å². The van der Waals surface area contributed by atoms with Gasteiger partial charge in [-0.3, -0.25) is 4.79 Å². The van der Waals surface area contributed by atoms with Crippen LogP contribution >= 0.6 is 0 Å². The summed E-state index contributed by atoms with van der Waals surface area (Å²) in [6.07, 6.45) is 1.18. The highest BCUT2D eigenvalue weighted by molar-refractivity contribution is 5.79. The number of rotatable bonds is 4. The lowest BCUT2D eigenvalue weighted by Gasteiger charge is -2.38. The van der Waals surface area contributed by atoms with Crippen LogP contribution in [-0.4, -0.2) is 43.7 Å². The second-order valence-corrected chi connectivity index (χ2v) is 5.41. The summed E-state index contributed by atoms with van der Waals surface area (Å²) in [4.78, 5) is 14.3. The van der Waals surface area contributed by atoms with Gasteiger partial charge < -0.3 is 15.4 Å². The first-order valence-electron chi connectivity index (χ1n) is 6.52. The Morgan fingerprint density at radius 2 is 2.18 bits per heavy atom. The van der Waals surface area contributed by atoms with E-state index in [1.165, 1.54) is 0 Å². The third kappa shape index (κ3) is 3.42. The van der Waals surface area contributed by atoms with E-state index in [9.17, 15) is 4.79 Å². The quantitative estimate of drug-likeness (QED) is 0.803. The number of hydrogen-bond donors (Lipinski definition) is 1. The lowest BCUT2D eigenvalue weighted by Crippen LogP contribution is -2.50. The van der Waals surface area contributed by atoms with Crippen LogP contribution in [0.15, 0.2) is 0 Å². The molecule has 3 unspecified atom stereocenters. The standard InChI is InChI=1S/C13H26N2O2/c1-9(2)11(7-14)13(16)15-6-5-10(3)12(8-15)17-4/h9-12H,5-8,14H2,1-4H3. The van der Waals surface area contributed by atoms with E-state index < -0.39 is 0 Å². The highest BCUT2D eigenvalue weighted by Gasteiger charge is 2.32. The maximum absolute atomic E-state index is 12.3. The molecule has 0 aromatic carbocycles. The zero-order valence-electron chi connectivity index (χ0n) is 11.5. The zero-order chi connectivity index (χ0) is 13.0. The smallest absolute Gasteiger partial charge is 0.227 e. The van der Waals surface area contributed by atoms with Gasteiger partial charge in [0.05, 0.1) is 12.0 Å². The average Bonchev–Trinajstić information content (AvgIpc) is 2.29. The molecular weight excluding hydrogens is 216 g/mol. The maximum Gasteiger partial charge on any atom is 0.227 e. The highest BCUT2D eigenvalue weighted by Crippen LogP contribution is 2.22. The molecule has 1 heterocycles. The molecule has 1 aliphatic heterocycles. The molecule has 17 heavy (non-hydrogen) atoms. The number of carbonyl (C=O) groups is 1. The van der Waals surface area contributed by atoms with Crippen LogP contribution in [0.5, 0.6) is 0 Å². The molecule has 1 rings (SSSR count). The Morgan fingerprint density at radius 3 is 2.65 bits per heavy atom. The lowest BCUT2D eigenvalue weighted by atomic mass is 9.91. The van der Waals surface area contributed by atoms with Gasteiger partial charge in [-0.05, 0) is 18.3 Å². The van der Waals surface area contributed by atoms with Crippen molar-refractivity contribution in [2.75, 3.05) is 26.7 Å². The van der Waals surface area contributed by atoms with Crippen molar-refractivity contribution in [2.24, 2.45) is 23.5 Å². The summed E-state index contributed by atoms with van der Waals surface area (Å²) >= 11 is 0. The van der Waals surface area contributed by atoms with Crippen molar-refractivity contribution in [3.8, 4) is 0 Å². The molecule has 0 radical (unpaired) electrons. The second kappa shape index (κ2) is 6.36. The molecule has 2 N–H and O–H groups in total. The first-order chi connectivity index (χ1) is 8.01. The minimum Gasteiger partial charge on any atom is -0.379 e. The predicted molar refractivity (Wildman–Crippen MR) is 68.5 cm³/mol. The summed E-state index contributed by atoms with van der Waals surface area (Å²) in [5.74, 6) is 0.963. The van der Waals surface area contributed by atoms with E-state index in [4.69, 9.17) is 10.5 Å². The van der Waals surface area contributed by atoms with Crippen LogP contribution < -0.4 is 5.73 Å². The Balaban J connectivity index is 2.63. The largest absolute Gasteiger partial charge is 0.379 e. The molecule has 0 aromatic heterocycles. The lowest BCUT2D eigenvalue weighted by molar-refractivity contribution is -0.141. The molecule has 0 aromatic rings. The molecular formula is C13H26N2O2. The molecule has 0 bridgehead atoms. The summed E-state index contributed by atoms with van der Waals surface area (Å²) in [6.45, 7) is 8.26. The fraction of sp³-hybridized carbons (Fsp3) is 0.923. The van der Waals surface area contributed by atoms with Crippen molar-refractivity contribution in [1.82, 2.24) is 4.90 Å². The monoisotopic (exact) mass is 242 g/mol. The van der Waals surface area contributed by atoms with Gasteiger partial charge in [0, 0.05) is 26.7 Å². The normalized spacial score (nSPS) is 27.3. The first-order valence-corrected chi connectivity index (χ1v) is 6.52. The molecule has 0 spiro atoms. The topological polar surface area (TPSA) is 55.6 Å². The molecule has 4 heteroatoms. The van der Waals surface area contributed by atoms with Gasteiger partial charge in [-0.2, -0.15) is 0 Å². The fourth-order valence-corrected chi connectivity index (χ4v) is 2.43. The van der Waals surface area contributed by atoms with E-state index in [1.54, 1.807) is 7.11 Å². The summed E-state index contributed by atoms with van der Waals surface area (Å²) in [5, 5.41) is 0. The number of amides is 1. The molecule has 0 saturated carbocycles. The van der Waals surface area contributed by atoms with Gasteiger partial charge >= 0.3 is 0 Å². The van der Waals surface area contributed by atoms with Crippen LogP contribution in [0.4, 0.5) is 0 Å². The van der Waals surface area contributed by atoms with Crippen LogP contribution in [-0.2, 0) is 9.53 Å². The Hall–Kier alpha value is -0.610. The van der Waals surface area contributed by atoms with Crippen LogP contribution in [0, 0.1) is 17.8 Å². The molecule has 1 fully saturated rings. The van der Waals surface area contributed by atoms with E-state index in [1.807, 2.05) is 4.90 Å². The second-order valence-electron chi connectivity index (χ2n) is 5.41. The van der Waals surface area contributed by atoms with Crippen molar-refractivity contribution in [3.05, 3.63) is 0 Å². The highest BCUT2D eigenvalue weighted by atomic mass is 16.5. The Bertz CT molecular complexity index is 256. The van der Waals surface area contributed by atoms with E-state index in [0.29, 0.717) is 24.9 Å². The minimum atomic E-state index is -0.0547. The Kier molecular flexibility index (Phi) is 5.40. The van der Waals surface area contributed by atoms with Crippen LogP contribution in [0.1, 0.15) is 27.2 Å². The molecule has 1 aliphatic rings. The van der Waals surface area contributed by atoms with E-state index in [2.05, 4.69) is 20.8 Å². The van der Waals surface area contributed by atoms with Gasteiger partial charge in [0.1, 0.15) is 0 Å². The van der Waals surface area contributed by atoms with Gasteiger partial charge in [0.25, 0.3) is 0 Å². The van der Waals surface area contributed by atoms with Gasteiger partial charge in [0.15, 0.2) is 0 Å². The number of methoxy groups -OCH3 is 1. The van der Waals surface area contributed by atoms with Gasteiger partial charge in [-0.25, -0.2) is 0 Å². The van der Waals surface area contributed by atoms with Crippen molar-refractivity contribution in [2.45, 2.75) is 33.3 Å². The summed E-state index contributed by atoms with van der Waals surface area (Å²) in [7, 11) is 1.72. The molecule has 3 atom stereocenters. The zero-order valence-corrected chi connectivity index (χ0v) is 11.5. The average molecular weight is 242 g/mol. The minimum absolute atomic E-state index is 0.0547. The number of nitrogens with two attached hydrogens (primary N) is 1. The van der Waals surface area contributed by atoms with E-state index in [0.717, 1.165) is 13.0 Å². The maximum atomic E-state index is 12.3. The number of piperidine rings is 1. The van der Waals surface area contributed by atoms with Crippen molar-refractivity contribution < 1.29 is 9.53 Å². The molecule has 0 aliphatic carbocycles. The summed E-state index contributed by atoms with van der Waals surface area (Å²) in [6, 6.07) is 0. The number of likely N-dealkylation sites (tertiary alicyclic amines) is 1. The van der Waals surface area contributed by atoms with Crippen molar-refractivity contribution in [1.29, 1.82) is 0 Å². The van der Waals surface area contributed by atoms with E-state index >= 15 is 0 Å². The number of carbonyl (C=O) groups excluding carboxylic acids is 1. The third-order valence-electron chi connectivity index (χ3n) is 3.88. The third-order valence-corrected chi connectivity index (χ3v) is 3.88. The predicted octanol–water partition coefficient (Wildman–Crippen LogP) is 1.10. The van der Waals surface area contributed by atoms with Crippen LogP contribution in [0.2, 0.25) is 0 Å². The number of hydrogen-bond acceptors (Lipinski definition) is 3. The van der Waals surface area contributed by atoms with E-state index in [-0.39, 0.29) is 17.9 Å². The first kappa shape index (κ1) is 14.5. The van der Waals surface area contributed by atoms with Crippen LogP contribution in [0.3, 0.4) is 0 Å². The van der Waals surface area contributed by atoms with Gasteiger partial charge in [-0.1, -0.05) is 20.8 Å².